The second-order valence-corrected chi connectivity index (χ2v) is 5.50. The highest BCUT2D eigenvalue weighted by Crippen LogP contribution is 2.35. The summed E-state index contributed by atoms with van der Waals surface area (Å²) in [6.07, 6.45) is 7.46. The molecule has 0 saturated heterocycles. The smallest absolute Gasteiger partial charge is 0.157 e. The zero-order valence-electron chi connectivity index (χ0n) is 12.1. The lowest BCUT2D eigenvalue weighted by Gasteiger charge is -2.28. The molecule has 0 aromatic carbocycles. The van der Waals surface area contributed by atoms with Gasteiger partial charge in [0.05, 0.1) is 6.10 Å². The number of hydrogen-bond donors (Lipinski definition) is 1. The van der Waals surface area contributed by atoms with Gasteiger partial charge in [0.1, 0.15) is 6.10 Å². The molecule has 1 aliphatic rings. The van der Waals surface area contributed by atoms with Gasteiger partial charge in [-0.1, -0.05) is 19.3 Å². The van der Waals surface area contributed by atoms with Crippen molar-refractivity contribution in [3.8, 4) is 0 Å². The van der Waals surface area contributed by atoms with E-state index in [2.05, 4.69) is 9.97 Å². The molecule has 2 atom stereocenters. The van der Waals surface area contributed by atoms with Gasteiger partial charge in [-0.3, -0.25) is 0 Å². The highest BCUT2D eigenvalue weighted by atomic mass is 16.5. The molecule has 0 aliphatic heterocycles. The fourth-order valence-electron chi connectivity index (χ4n) is 2.99. The molecule has 1 N–H and O–H groups in total. The molecule has 19 heavy (non-hydrogen) atoms. The van der Waals surface area contributed by atoms with Crippen LogP contribution in [0.25, 0.3) is 0 Å². The minimum atomic E-state index is -0.523. The molecule has 1 aliphatic carbocycles. The van der Waals surface area contributed by atoms with Crippen LogP contribution in [-0.4, -0.2) is 22.2 Å². The molecule has 106 valence electrons. The van der Waals surface area contributed by atoms with Crippen molar-refractivity contribution in [1.82, 2.24) is 9.97 Å². The minimum Gasteiger partial charge on any atom is -0.389 e. The van der Waals surface area contributed by atoms with Gasteiger partial charge < -0.3 is 9.84 Å². The van der Waals surface area contributed by atoms with Crippen LogP contribution in [0, 0.1) is 12.8 Å². The Labute approximate surface area is 115 Å². The Balaban J connectivity index is 2.20. The van der Waals surface area contributed by atoms with E-state index in [1.54, 1.807) is 20.2 Å². The van der Waals surface area contributed by atoms with Crippen molar-refractivity contribution in [2.45, 2.75) is 58.2 Å². The number of ether oxygens (including phenoxy) is 1. The molecule has 0 bridgehead atoms. The first-order chi connectivity index (χ1) is 9.13. The molecule has 1 heterocycles. The SMILES string of the molecule is COC(c1ncc(C(C)O)c(C)n1)C1CCCCC1. The molecule has 0 radical (unpaired) electrons. The van der Waals surface area contributed by atoms with E-state index < -0.39 is 6.10 Å². The van der Waals surface area contributed by atoms with Crippen molar-refractivity contribution in [2.24, 2.45) is 5.92 Å². The first kappa shape index (κ1) is 14.4. The topological polar surface area (TPSA) is 55.2 Å². The van der Waals surface area contributed by atoms with Crippen LogP contribution < -0.4 is 0 Å². The predicted molar refractivity (Wildman–Crippen MR) is 73.7 cm³/mol. The van der Waals surface area contributed by atoms with Crippen LogP contribution >= 0.6 is 0 Å². The second-order valence-electron chi connectivity index (χ2n) is 5.50. The van der Waals surface area contributed by atoms with Gasteiger partial charge in [0.25, 0.3) is 0 Å². The minimum absolute atomic E-state index is 0.0120. The summed E-state index contributed by atoms with van der Waals surface area (Å²) in [6.45, 7) is 3.65. The maximum absolute atomic E-state index is 9.63. The van der Waals surface area contributed by atoms with Crippen LogP contribution in [0.15, 0.2) is 6.20 Å². The van der Waals surface area contributed by atoms with Crippen LogP contribution in [0.4, 0.5) is 0 Å². The van der Waals surface area contributed by atoms with E-state index in [9.17, 15) is 5.11 Å². The van der Waals surface area contributed by atoms with E-state index in [1.165, 1.54) is 32.1 Å². The van der Waals surface area contributed by atoms with Crippen LogP contribution in [-0.2, 0) is 4.74 Å². The molecule has 0 amide bonds. The summed E-state index contributed by atoms with van der Waals surface area (Å²) in [6, 6.07) is 0. The Morgan fingerprint density at radius 2 is 2.00 bits per heavy atom. The van der Waals surface area contributed by atoms with E-state index in [4.69, 9.17) is 4.74 Å². The number of aryl methyl sites for hydroxylation is 1. The fourth-order valence-corrected chi connectivity index (χ4v) is 2.99. The van der Waals surface area contributed by atoms with Crippen LogP contribution in [0.2, 0.25) is 0 Å². The van der Waals surface area contributed by atoms with Crippen molar-refractivity contribution in [2.75, 3.05) is 7.11 Å². The lowest BCUT2D eigenvalue weighted by atomic mass is 9.85. The summed E-state index contributed by atoms with van der Waals surface area (Å²) in [7, 11) is 1.74. The number of aliphatic hydroxyl groups excluding tert-OH is 1. The third kappa shape index (κ3) is 3.31. The molecule has 4 heteroatoms. The summed E-state index contributed by atoms with van der Waals surface area (Å²) in [5, 5.41) is 9.63. The van der Waals surface area contributed by atoms with Gasteiger partial charge in [-0.25, -0.2) is 9.97 Å². The second kappa shape index (κ2) is 6.44. The van der Waals surface area contributed by atoms with Gasteiger partial charge >= 0.3 is 0 Å². The van der Waals surface area contributed by atoms with E-state index in [0.29, 0.717) is 5.92 Å². The Morgan fingerprint density at radius 3 is 2.53 bits per heavy atom. The standard InChI is InChI=1S/C15H24N2O2/c1-10-13(11(2)18)9-16-15(17-10)14(19-3)12-7-5-4-6-8-12/h9,11-12,14,18H,4-8H2,1-3H3. The highest BCUT2D eigenvalue weighted by molar-refractivity contribution is 5.19. The molecule has 1 saturated carbocycles. The Hall–Kier alpha value is -1.00. The van der Waals surface area contributed by atoms with Gasteiger partial charge in [0.2, 0.25) is 0 Å². The normalized spacial score (nSPS) is 20.2. The van der Waals surface area contributed by atoms with Crippen LogP contribution in [0.1, 0.15) is 68.3 Å². The summed E-state index contributed by atoms with van der Waals surface area (Å²) in [5.41, 5.74) is 1.64. The third-order valence-corrected chi connectivity index (χ3v) is 4.07. The monoisotopic (exact) mass is 264 g/mol. The van der Waals surface area contributed by atoms with E-state index in [1.807, 2.05) is 6.92 Å². The highest BCUT2D eigenvalue weighted by Gasteiger charge is 2.27. The van der Waals surface area contributed by atoms with Gasteiger partial charge in [0.15, 0.2) is 5.82 Å². The number of nitrogens with zero attached hydrogens (tertiary/aromatic N) is 2. The fraction of sp³-hybridized carbons (Fsp3) is 0.733. The van der Waals surface area contributed by atoms with E-state index in [0.717, 1.165) is 17.1 Å². The number of methoxy groups -OCH3 is 1. The first-order valence-corrected chi connectivity index (χ1v) is 7.17. The summed E-state index contributed by atoms with van der Waals surface area (Å²) >= 11 is 0. The molecule has 1 aromatic rings. The molecule has 2 unspecified atom stereocenters. The quantitative estimate of drug-likeness (QED) is 0.908. The first-order valence-electron chi connectivity index (χ1n) is 7.17. The Morgan fingerprint density at radius 1 is 1.32 bits per heavy atom. The van der Waals surface area contributed by atoms with Crippen molar-refractivity contribution in [3.05, 3.63) is 23.3 Å². The van der Waals surface area contributed by atoms with Gasteiger partial charge in [0, 0.05) is 24.6 Å². The maximum Gasteiger partial charge on any atom is 0.157 e. The predicted octanol–water partition coefficient (Wildman–Crippen LogP) is 3.11. The molecular weight excluding hydrogens is 240 g/mol. The van der Waals surface area contributed by atoms with E-state index in [-0.39, 0.29) is 6.10 Å². The van der Waals surface area contributed by atoms with Crippen molar-refractivity contribution >= 4 is 0 Å². The number of hydrogen-bond acceptors (Lipinski definition) is 4. The van der Waals surface area contributed by atoms with Crippen LogP contribution in [0.5, 0.6) is 0 Å². The lowest BCUT2D eigenvalue weighted by Crippen LogP contribution is -2.20. The molecule has 0 spiro atoms. The number of aliphatic hydroxyl groups is 1. The molecular formula is C15H24N2O2. The largest absolute Gasteiger partial charge is 0.389 e. The van der Waals surface area contributed by atoms with Gasteiger partial charge in [-0.05, 0) is 32.6 Å². The van der Waals surface area contributed by atoms with Crippen molar-refractivity contribution < 1.29 is 9.84 Å². The zero-order valence-corrected chi connectivity index (χ0v) is 12.1. The van der Waals surface area contributed by atoms with E-state index >= 15 is 0 Å². The van der Waals surface area contributed by atoms with Crippen molar-refractivity contribution in [3.63, 3.8) is 0 Å². The average molecular weight is 264 g/mol. The van der Waals surface area contributed by atoms with Crippen LogP contribution in [0.3, 0.4) is 0 Å². The van der Waals surface area contributed by atoms with Gasteiger partial charge in [-0.2, -0.15) is 0 Å². The average Bonchev–Trinajstić information content (AvgIpc) is 2.40. The molecule has 2 rings (SSSR count). The Kier molecular flexibility index (Phi) is 4.88. The molecule has 1 aromatic heterocycles. The maximum atomic E-state index is 9.63. The molecule has 4 nitrogen and oxygen atoms in total. The number of aromatic nitrogens is 2. The van der Waals surface area contributed by atoms with Gasteiger partial charge in [-0.15, -0.1) is 0 Å². The lowest BCUT2D eigenvalue weighted by molar-refractivity contribution is 0.0286. The summed E-state index contributed by atoms with van der Waals surface area (Å²) in [4.78, 5) is 8.96. The summed E-state index contributed by atoms with van der Waals surface area (Å²) < 4.78 is 5.64. The Bertz CT molecular complexity index is 415. The molecule has 1 fully saturated rings. The summed E-state index contributed by atoms with van der Waals surface area (Å²) in [5.74, 6) is 1.28. The third-order valence-electron chi connectivity index (χ3n) is 4.07. The zero-order chi connectivity index (χ0) is 13.8. The number of rotatable bonds is 4. The van der Waals surface area contributed by atoms with Crippen molar-refractivity contribution in [1.29, 1.82) is 0 Å².